The molecule has 0 aromatic heterocycles. The predicted molar refractivity (Wildman–Crippen MR) is 118 cm³/mol. The van der Waals surface area contributed by atoms with Crippen molar-refractivity contribution in [3.63, 3.8) is 0 Å². The first-order valence-electron chi connectivity index (χ1n) is 11.3. The van der Waals surface area contributed by atoms with Crippen LogP contribution in [0.1, 0.15) is 90.4 Å². The van der Waals surface area contributed by atoms with E-state index in [4.69, 9.17) is 10.5 Å². The van der Waals surface area contributed by atoms with Gasteiger partial charge in [0.15, 0.2) is 0 Å². The monoisotopic (exact) mass is 437 g/mol. The van der Waals surface area contributed by atoms with Gasteiger partial charge < -0.3 is 20.5 Å². The molecule has 0 saturated heterocycles. The van der Waals surface area contributed by atoms with Crippen molar-refractivity contribution < 1.29 is 28.3 Å². The molecule has 4 N–H and O–H groups in total. The zero-order chi connectivity index (χ0) is 21.6. The fourth-order valence-electron chi connectivity index (χ4n) is 2.84. The van der Waals surface area contributed by atoms with Crippen LogP contribution in [0.2, 0.25) is 0 Å². The van der Waals surface area contributed by atoms with Crippen LogP contribution >= 0.6 is 7.82 Å². The normalized spacial score (nSPS) is 14.9. The van der Waals surface area contributed by atoms with Crippen molar-refractivity contribution in [1.29, 1.82) is 0 Å². The molecule has 0 aromatic rings. The number of ether oxygens (including phenoxy) is 1. The van der Waals surface area contributed by atoms with Crippen LogP contribution in [0.4, 0.5) is 0 Å². The zero-order valence-electron chi connectivity index (χ0n) is 18.3. The lowest BCUT2D eigenvalue weighted by Gasteiger charge is -2.14. The van der Waals surface area contributed by atoms with E-state index in [2.05, 4.69) is 16.0 Å². The van der Waals surface area contributed by atoms with E-state index in [-0.39, 0.29) is 26.4 Å². The largest absolute Gasteiger partial charge is 0.499 e. The van der Waals surface area contributed by atoms with E-state index in [1.54, 1.807) is 6.26 Å². The van der Waals surface area contributed by atoms with Gasteiger partial charge in [0.2, 0.25) is 0 Å². The number of unbranched alkanes of at least 4 members (excludes halogenated alkanes) is 12. The van der Waals surface area contributed by atoms with E-state index in [1.165, 1.54) is 70.6 Å². The van der Waals surface area contributed by atoms with Gasteiger partial charge in [0.25, 0.3) is 0 Å². The molecule has 0 rings (SSSR count). The van der Waals surface area contributed by atoms with E-state index in [1.807, 2.05) is 6.08 Å². The minimum atomic E-state index is -4.15. The SMILES string of the molecule is CCCCCCCCCCCCCC/C=C\OC[C@@H](O)COP(=O)(O)OCCN. The molecule has 7 nitrogen and oxygen atoms in total. The smallest absolute Gasteiger partial charge is 0.472 e. The number of rotatable bonds is 22. The van der Waals surface area contributed by atoms with Gasteiger partial charge in [-0.25, -0.2) is 4.57 Å². The average molecular weight is 438 g/mol. The van der Waals surface area contributed by atoms with Crippen LogP contribution in [0.15, 0.2) is 12.3 Å². The molecule has 29 heavy (non-hydrogen) atoms. The molecule has 8 heteroatoms. The Morgan fingerprint density at radius 2 is 1.45 bits per heavy atom. The van der Waals surface area contributed by atoms with Gasteiger partial charge >= 0.3 is 7.82 Å². The first kappa shape index (κ1) is 28.6. The summed E-state index contributed by atoms with van der Waals surface area (Å²) in [4.78, 5) is 9.30. The molecule has 0 aliphatic rings. The minimum absolute atomic E-state index is 0.00810. The molecule has 0 fully saturated rings. The molecule has 0 spiro atoms. The van der Waals surface area contributed by atoms with Crippen molar-refractivity contribution >= 4 is 7.82 Å². The highest BCUT2D eigenvalue weighted by Gasteiger charge is 2.22. The maximum Gasteiger partial charge on any atom is 0.472 e. The third-order valence-corrected chi connectivity index (χ3v) is 5.49. The van der Waals surface area contributed by atoms with Gasteiger partial charge in [0.1, 0.15) is 12.7 Å². The van der Waals surface area contributed by atoms with Gasteiger partial charge in [-0.05, 0) is 18.9 Å². The summed E-state index contributed by atoms with van der Waals surface area (Å²) in [5.41, 5.74) is 5.18. The van der Waals surface area contributed by atoms with Gasteiger partial charge in [0.05, 0.1) is 19.5 Å². The second kappa shape index (κ2) is 20.8. The van der Waals surface area contributed by atoms with Gasteiger partial charge in [-0.15, -0.1) is 0 Å². The van der Waals surface area contributed by atoms with Crippen molar-refractivity contribution in [3.8, 4) is 0 Å². The molecule has 2 atom stereocenters. The minimum Gasteiger partial charge on any atom is -0.499 e. The maximum atomic E-state index is 11.4. The fourth-order valence-corrected chi connectivity index (χ4v) is 3.61. The van der Waals surface area contributed by atoms with Crippen molar-refractivity contribution in [2.24, 2.45) is 5.73 Å². The zero-order valence-corrected chi connectivity index (χ0v) is 19.2. The molecule has 0 heterocycles. The van der Waals surface area contributed by atoms with Crippen LogP contribution in [0.25, 0.3) is 0 Å². The Morgan fingerprint density at radius 3 is 2.00 bits per heavy atom. The third kappa shape index (κ3) is 22.1. The Labute approximate surface area is 177 Å². The van der Waals surface area contributed by atoms with E-state index in [0.29, 0.717) is 0 Å². The van der Waals surface area contributed by atoms with Gasteiger partial charge in [-0.2, -0.15) is 0 Å². The molecule has 0 aliphatic carbocycles. The van der Waals surface area contributed by atoms with Gasteiger partial charge in [-0.1, -0.05) is 77.6 Å². The number of hydrogen-bond donors (Lipinski definition) is 3. The maximum absolute atomic E-state index is 11.4. The molecule has 0 radical (unpaired) electrons. The standard InChI is InChI=1S/C21H44NO6P/c1-2-3-4-5-6-7-8-9-10-11-12-13-14-15-17-26-19-21(23)20-28-29(24,25)27-18-16-22/h15,17,21,23H,2-14,16,18-20,22H2,1H3,(H,24,25)/b17-15-/t21-/m1/s1. The summed E-state index contributed by atoms with van der Waals surface area (Å²) >= 11 is 0. The Morgan fingerprint density at radius 1 is 0.897 bits per heavy atom. The summed E-state index contributed by atoms with van der Waals surface area (Å²) in [6.07, 6.45) is 19.4. The van der Waals surface area contributed by atoms with Crippen LogP contribution in [-0.4, -0.2) is 42.5 Å². The van der Waals surface area contributed by atoms with Gasteiger partial charge in [-0.3, -0.25) is 9.05 Å². The van der Waals surface area contributed by atoms with E-state index < -0.39 is 13.9 Å². The van der Waals surface area contributed by atoms with Crippen LogP contribution in [-0.2, 0) is 18.3 Å². The van der Waals surface area contributed by atoms with Crippen LogP contribution in [0.3, 0.4) is 0 Å². The van der Waals surface area contributed by atoms with Crippen LogP contribution in [0.5, 0.6) is 0 Å². The number of nitrogens with two attached hydrogens (primary N) is 1. The summed E-state index contributed by atoms with van der Waals surface area (Å²) in [6, 6.07) is 0. The molecular weight excluding hydrogens is 393 g/mol. The first-order chi connectivity index (χ1) is 14.0. The third-order valence-electron chi connectivity index (χ3n) is 4.51. The number of phosphoric ester groups is 1. The lowest BCUT2D eigenvalue weighted by Crippen LogP contribution is -2.20. The summed E-state index contributed by atoms with van der Waals surface area (Å²) in [6.45, 7) is 1.94. The number of phosphoric acid groups is 1. The Bertz CT molecular complexity index is 422. The predicted octanol–water partition coefficient (Wildman–Crippen LogP) is 5.06. The molecule has 174 valence electrons. The van der Waals surface area contributed by atoms with Crippen molar-refractivity contribution in [1.82, 2.24) is 0 Å². The van der Waals surface area contributed by atoms with E-state index in [0.717, 1.165) is 12.8 Å². The summed E-state index contributed by atoms with van der Waals surface area (Å²) in [5.74, 6) is 0. The second-order valence-electron chi connectivity index (χ2n) is 7.42. The van der Waals surface area contributed by atoms with Crippen molar-refractivity contribution in [2.75, 3.05) is 26.4 Å². The highest BCUT2D eigenvalue weighted by atomic mass is 31.2. The van der Waals surface area contributed by atoms with Crippen molar-refractivity contribution in [2.45, 2.75) is 96.5 Å². The number of allylic oxidation sites excluding steroid dienone is 1. The quantitative estimate of drug-likeness (QED) is 0.123. The number of aliphatic hydroxyl groups is 1. The Balaban J connectivity index is 3.38. The van der Waals surface area contributed by atoms with E-state index in [9.17, 15) is 14.6 Å². The highest BCUT2D eigenvalue weighted by Crippen LogP contribution is 2.42. The summed E-state index contributed by atoms with van der Waals surface area (Å²) in [5, 5.41) is 9.66. The van der Waals surface area contributed by atoms with E-state index >= 15 is 0 Å². The fraction of sp³-hybridized carbons (Fsp3) is 0.905. The highest BCUT2D eigenvalue weighted by molar-refractivity contribution is 7.47. The molecule has 0 amide bonds. The summed E-state index contributed by atoms with van der Waals surface area (Å²) < 4.78 is 25.8. The topological polar surface area (TPSA) is 111 Å². The van der Waals surface area contributed by atoms with Crippen LogP contribution < -0.4 is 5.73 Å². The lowest BCUT2D eigenvalue weighted by atomic mass is 10.0. The average Bonchev–Trinajstić information content (AvgIpc) is 2.70. The molecule has 0 aromatic carbocycles. The Kier molecular flexibility index (Phi) is 20.5. The Hall–Kier alpha value is -0.430. The molecule has 0 saturated carbocycles. The second-order valence-corrected chi connectivity index (χ2v) is 8.88. The molecule has 0 aliphatic heterocycles. The number of hydrogen-bond acceptors (Lipinski definition) is 6. The molecule has 0 bridgehead atoms. The van der Waals surface area contributed by atoms with Crippen molar-refractivity contribution in [3.05, 3.63) is 12.3 Å². The first-order valence-corrected chi connectivity index (χ1v) is 12.8. The van der Waals surface area contributed by atoms with Gasteiger partial charge in [0, 0.05) is 6.54 Å². The molecule has 1 unspecified atom stereocenters. The lowest BCUT2D eigenvalue weighted by molar-refractivity contribution is 0.0311. The number of aliphatic hydroxyl groups excluding tert-OH is 1. The van der Waals surface area contributed by atoms with Crippen LogP contribution in [0, 0.1) is 0 Å². The molecular formula is C21H44NO6P. The summed E-state index contributed by atoms with van der Waals surface area (Å²) in [7, 11) is -4.15.